The molecular formula is C27H42NO6P. The molecule has 1 aliphatic heterocycles. The van der Waals surface area contributed by atoms with Gasteiger partial charge in [-0.15, -0.1) is 0 Å². The fourth-order valence-corrected chi connectivity index (χ4v) is 7.71. The molecule has 2 fully saturated rings. The van der Waals surface area contributed by atoms with Gasteiger partial charge < -0.3 is 15.1 Å². The van der Waals surface area contributed by atoms with Crippen LogP contribution in [0.25, 0.3) is 0 Å². The van der Waals surface area contributed by atoms with Crippen molar-refractivity contribution in [2.75, 3.05) is 18.9 Å². The number of aliphatic carboxylic acids is 1. The molecule has 0 spiro atoms. The maximum Gasteiger partial charge on any atom is 0.326 e. The third kappa shape index (κ3) is 8.16. The number of hydrogen-bond acceptors (Lipinski definition) is 5. The zero-order valence-corrected chi connectivity index (χ0v) is 22.1. The van der Waals surface area contributed by atoms with Gasteiger partial charge in [0.25, 0.3) is 0 Å². The number of aliphatic hydroxyl groups is 1. The van der Waals surface area contributed by atoms with Gasteiger partial charge in [-0.05, 0) is 43.1 Å². The average molecular weight is 508 g/mol. The maximum atomic E-state index is 13.8. The summed E-state index contributed by atoms with van der Waals surface area (Å²) in [6.07, 6.45) is 6.98. The third-order valence-corrected chi connectivity index (χ3v) is 9.91. The molecule has 35 heavy (non-hydrogen) atoms. The molecule has 4 atom stereocenters. The first kappa shape index (κ1) is 27.9. The second-order valence-electron chi connectivity index (χ2n) is 10.7. The molecule has 3 rings (SSSR count). The van der Waals surface area contributed by atoms with Crippen molar-refractivity contribution in [2.24, 2.45) is 17.8 Å². The Kier molecular flexibility index (Phi) is 10.4. The van der Waals surface area contributed by atoms with Crippen LogP contribution in [0, 0.1) is 17.8 Å². The summed E-state index contributed by atoms with van der Waals surface area (Å²) in [5.41, 5.74) is 1.19. The highest BCUT2D eigenvalue weighted by atomic mass is 31.2. The van der Waals surface area contributed by atoms with Crippen molar-refractivity contribution in [3.8, 4) is 0 Å². The zero-order valence-electron chi connectivity index (χ0n) is 21.2. The molecule has 1 amide bonds. The summed E-state index contributed by atoms with van der Waals surface area (Å²) in [5, 5.41) is 20.1. The number of carbonyl (C=O) groups excluding carboxylic acids is 1. The highest BCUT2D eigenvalue weighted by molar-refractivity contribution is 7.59. The van der Waals surface area contributed by atoms with Crippen LogP contribution in [0.2, 0.25) is 0 Å². The van der Waals surface area contributed by atoms with Crippen molar-refractivity contribution in [1.82, 2.24) is 4.90 Å². The Morgan fingerprint density at radius 2 is 1.77 bits per heavy atom. The molecule has 1 aromatic rings. The maximum absolute atomic E-state index is 13.8. The molecular weight excluding hydrogens is 465 g/mol. The largest absolute Gasteiger partial charge is 0.480 e. The smallest absolute Gasteiger partial charge is 0.326 e. The molecule has 1 aliphatic carbocycles. The number of aliphatic hydroxyl groups excluding tert-OH is 1. The van der Waals surface area contributed by atoms with Gasteiger partial charge in [-0.25, -0.2) is 4.79 Å². The van der Waals surface area contributed by atoms with E-state index in [1.807, 2.05) is 30.3 Å². The van der Waals surface area contributed by atoms with Crippen LogP contribution < -0.4 is 0 Å². The number of hydrogen-bond donors (Lipinski definition) is 2. The number of rotatable bonds is 12. The van der Waals surface area contributed by atoms with Gasteiger partial charge in [-0.2, -0.15) is 0 Å². The molecule has 7 nitrogen and oxygen atoms in total. The fraction of sp³-hybridized carbons (Fsp3) is 0.704. The van der Waals surface area contributed by atoms with E-state index in [1.54, 1.807) is 13.8 Å². The Morgan fingerprint density at radius 1 is 1.09 bits per heavy atom. The minimum atomic E-state index is -3.50. The number of unbranched alkanes of at least 4 members (excludes halogenated alkanes) is 1. The van der Waals surface area contributed by atoms with E-state index in [-0.39, 0.29) is 24.2 Å². The van der Waals surface area contributed by atoms with Crippen molar-refractivity contribution in [2.45, 2.75) is 84.0 Å². The Morgan fingerprint density at radius 3 is 2.40 bits per heavy atom. The van der Waals surface area contributed by atoms with Gasteiger partial charge in [-0.1, -0.05) is 76.3 Å². The van der Waals surface area contributed by atoms with Gasteiger partial charge in [0, 0.05) is 18.6 Å². The van der Waals surface area contributed by atoms with E-state index in [4.69, 9.17) is 4.52 Å². The number of nitrogens with zero attached hydrogens (tertiary/aromatic N) is 1. The molecule has 0 bridgehead atoms. The molecule has 1 heterocycles. The van der Waals surface area contributed by atoms with Crippen LogP contribution in [0.3, 0.4) is 0 Å². The predicted octanol–water partition coefficient (Wildman–Crippen LogP) is 5.16. The number of carboxylic acids is 1. The zero-order chi connectivity index (χ0) is 25.4. The van der Waals surface area contributed by atoms with E-state index in [0.717, 1.165) is 38.5 Å². The Bertz CT molecular complexity index is 870. The first-order chi connectivity index (χ1) is 16.7. The van der Waals surface area contributed by atoms with Crippen molar-refractivity contribution in [3.63, 3.8) is 0 Å². The van der Waals surface area contributed by atoms with Crippen LogP contribution in [-0.2, 0) is 25.1 Å². The highest BCUT2D eigenvalue weighted by Gasteiger charge is 2.44. The van der Waals surface area contributed by atoms with E-state index in [0.29, 0.717) is 25.3 Å². The summed E-state index contributed by atoms with van der Waals surface area (Å²) < 4.78 is 19.4. The quantitative estimate of drug-likeness (QED) is 0.230. The van der Waals surface area contributed by atoms with Crippen LogP contribution in [0.15, 0.2) is 30.3 Å². The summed E-state index contributed by atoms with van der Waals surface area (Å²) in [4.78, 5) is 26.7. The summed E-state index contributed by atoms with van der Waals surface area (Å²) in [7, 11) is -3.50. The molecule has 1 aromatic carbocycles. The normalized spacial score (nSPS) is 23.8. The van der Waals surface area contributed by atoms with Crippen LogP contribution in [0.5, 0.6) is 0 Å². The van der Waals surface area contributed by atoms with Gasteiger partial charge in [0.1, 0.15) is 12.2 Å². The van der Waals surface area contributed by atoms with E-state index in [2.05, 4.69) is 0 Å². The van der Waals surface area contributed by atoms with Gasteiger partial charge in [-0.3, -0.25) is 13.9 Å². The summed E-state index contributed by atoms with van der Waals surface area (Å²) in [5.74, 6) is -1.08. The molecule has 1 saturated heterocycles. The number of amides is 1. The second kappa shape index (κ2) is 13.0. The molecule has 1 saturated carbocycles. The molecule has 0 aromatic heterocycles. The topological polar surface area (TPSA) is 104 Å². The first-order valence-corrected chi connectivity index (χ1v) is 15.2. The molecule has 196 valence electrons. The number of carbonyl (C=O) groups is 2. The number of aryl methyl sites for hydroxylation is 1. The third-order valence-electron chi connectivity index (χ3n) is 7.56. The lowest BCUT2D eigenvalue weighted by Gasteiger charge is -2.28. The average Bonchev–Trinajstić information content (AvgIpc) is 3.29. The lowest BCUT2D eigenvalue weighted by atomic mass is 9.79. The lowest BCUT2D eigenvalue weighted by molar-refractivity contribution is -0.147. The second-order valence-corrected chi connectivity index (χ2v) is 13.3. The van der Waals surface area contributed by atoms with Crippen molar-refractivity contribution < 1.29 is 28.9 Å². The van der Waals surface area contributed by atoms with E-state index in [1.165, 1.54) is 16.9 Å². The van der Waals surface area contributed by atoms with Crippen molar-refractivity contribution in [1.29, 1.82) is 0 Å². The first-order valence-electron chi connectivity index (χ1n) is 13.2. The van der Waals surface area contributed by atoms with Crippen LogP contribution in [-0.4, -0.2) is 58.2 Å². The van der Waals surface area contributed by atoms with Crippen LogP contribution >= 0.6 is 7.37 Å². The SMILES string of the molecule is CC(C)C(O)OP(=O)(CCCCc1ccccc1)CC(=O)N1C[C@H](C2CCCCC2)C[C@H]1C(=O)O. The Balaban J connectivity index is 1.65. The summed E-state index contributed by atoms with van der Waals surface area (Å²) in [6, 6.07) is 9.14. The fourth-order valence-electron chi connectivity index (χ4n) is 5.44. The van der Waals surface area contributed by atoms with E-state index >= 15 is 0 Å². The minimum Gasteiger partial charge on any atom is -0.480 e. The van der Waals surface area contributed by atoms with Gasteiger partial charge in [0.2, 0.25) is 13.3 Å². The van der Waals surface area contributed by atoms with Gasteiger partial charge in [0.15, 0.2) is 6.29 Å². The van der Waals surface area contributed by atoms with Gasteiger partial charge in [0.05, 0.1) is 0 Å². The molecule has 0 radical (unpaired) electrons. The monoisotopic (exact) mass is 507 g/mol. The summed E-state index contributed by atoms with van der Waals surface area (Å²) in [6.45, 7) is 3.94. The summed E-state index contributed by atoms with van der Waals surface area (Å²) >= 11 is 0. The predicted molar refractivity (Wildman–Crippen MR) is 136 cm³/mol. The van der Waals surface area contributed by atoms with Crippen molar-refractivity contribution >= 4 is 19.2 Å². The standard InChI is InChI=1S/C27H42NO6P/c1-20(2)27(32)34-35(33,16-10-9-13-21-11-5-3-6-12-21)19-25(29)28-18-23(17-24(28)26(30)31)22-14-7-4-8-15-22/h3,5-6,11-12,20,22-24,27,32H,4,7-10,13-19H2,1-2H3,(H,30,31)/t23-,24+,27?,35?/m1/s1. The lowest BCUT2D eigenvalue weighted by Crippen LogP contribution is -2.42. The molecule has 2 N–H and O–H groups in total. The van der Waals surface area contributed by atoms with E-state index in [9.17, 15) is 24.4 Å². The molecule has 2 unspecified atom stereocenters. The Hall–Kier alpha value is -1.69. The highest BCUT2D eigenvalue weighted by Crippen LogP contribution is 2.50. The number of benzene rings is 1. The van der Waals surface area contributed by atoms with Crippen LogP contribution in [0.1, 0.15) is 70.8 Å². The number of likely N-dealkylation sites (tertiary alicyclic amines) is 1. The Labute approximate surface area is 209 Å². The molecule has 2 aliphatic rings. The van der Waals surface area contributed by atoms with Crippen molar-refractivity contribution in [3.05, 3.63) is 35.9 Å². The molecule has 8 heteroatoms. The minimum absolute atomic E-state index is 0.174. The van der Waals surface area contributed by atoms with Crippen LogP contribution in [0.4, 0.5) is 0 Å². The van der Waals surface area contributed by atoms with Gasteiger partial charge >= 0.3 is 5.97 Å². The number of carboxylic acid groups (broad SMARTS) is 1. The van der Waals surface area contributed by atoms with E-state index < -0.39 is 31.6 Å².